The van der Waals surface area contributed by atoms with Gasteiger partial charge in [0.2, 0.25) is 0 Å². The van der Waals surface area contributed by atoms with Gasteiger partial charge in [-0.1, -0.05) is 41.5 Å². The molecule has 2 aliphatic heterocycles. The van der Waals surface area contributed by atoms with E-state index in [9.17, 15) is 0 Å². The molecule has 2 heterocycles. The number of hydrogen-bond donors (Lipinski definition) is 0. The Kier molecular flexibility index (Phi) is 5.04. The first-order valence-electron chi connectivity index (χ1n) is 8.23. The van der Waals surface area contributed by atoms with E-state index in [2.05, 4.69) is 41.5 Å². The summed E-state index contributed by atoms with van der Waals surface area (Å²) in [6.07, 6.45) is 2.10. The molecular formula is C17H32O4. The molecule has 0 saturated carbocycles. The first kappa shape index (κ1) is 17.2. The fraction of sp³-hybridized carbons (Fsp3) is 1.00. The smallest absolute Gasteiger partial charge is 0.162 e. The zero-order chi connectivity index (χ0) is 15.7. The van der Waals surface area contributed by atoms with Gasteiger partial charge in [-0.15, -0.1) is 0 Å². The third kappa shape index (κ3) is 3.61. The Balaban J connectivity index is 1.89. The molecule has 1 atom stereocenters. The molecule has 2 saturated heterocycles. The molecular weight excluding hydrogens is 268 g/mol. The molecule has 0 aromatic heterocycles. The predicted octanol–water partition coefficient (Wildman–Crippen LogP) is 3.39. The van der Waals surface area contributed by atoms with Crippen LogP contribution < -0.4 is 0 Å². The van der Waals surface area contributed by atoms with E-state index < -0.39 is 5.60 Å². The van der Waals surface area contributed by atoms with Crippen LogP contribution in [-0.2, 0) is 18.9 Å². The van der Waals surface area contributed by atoms with E-state index >= 15 is 0 Å². The molecule has 21 heavy (non-hydrogen) atoms. The number of ether oxygens (including phenoxy) is 4. The molecule has 1 unspecified atom stereocenters. The topological polar surface area (TPSA) is 36.9 Å². The Bertz CT molecular complexity index is 297. The highest BCUT2D eigenvalue weighted by molar-refractivity contribution is 4.91. The summed E-state index contributed by atoms with van der Waals surface area (Å²) in [4.78, 5) is 0. The van der Waals surface area contributed by atoms with Crippen LogP contribution in [0.4, 0.5) is 0 Å². The maximum absolute atomic E-state index is 6.13. The van der Waals surface area contributed by atoms with Crippen molar-refractivity contribution in [2.24, 2.45) is 10.8 Å². The van der Waals surface area contributed by atoms with Gasteiger partial charge >= 0.3 is 0 Å². The maximum Gasteiger partial charge on any atom is 0.162 e. The first-order chi connectivity index (χ1) is 9.75. The molecule has 2 aliphatic rings. The molecule has 0 radical (unpaired) electrons. The second-order valence-corrected chi connectivity index (χ2v) is 7.93. The minimum atomic E-state index is -0.416. The average molecular weight is 300 g/mol. The van der Waals surface area contributed by atoms with Crippen LogP contribution in [0.1, 0.15) is 54.4 Å². The lowest BCUT2D eigenvalue weighted by Crippen LogP contribution is -2.60. The van der Waals surface area contributed by atoms with Crippen LogP contribution in [0.25, 0.3) is 0 Å². The van der Waals surface area contributed by atoms with Crippen LogP contribution in [-0.4, -0.2) is 44.4 Å². The molecule has 2 rings (SSSR count). The predicted molar refractivity (Wildman–Crippen MR) is 82.3 cm³/mol. The summed E-state index contributed by atoms with van der Waals surface area (Å²) in [5.41, 5.74) is -0.241. The third-order valence-corrected chi connectivity index (χ3v) is 5.42. The molecule has 124 valence electrons. The van der Waals surface area contributed by atoms with Crippen LogP contribution in [0.15, 0.2) is 0 Å². The fourth-order valence-electron chi connectivity index (χ4n) is 2.60. The molecule has 0 amide bonds. The van der Waals surface area contributed by atoms with Crippen LogP contribution in [0.3, 0.4) is 0 Å². The quantitative estimate of drug-likeness (QED) is 0.797. The lowest BCUT2D eigenvalue weighted by Gasteiger charge is -2.48. The van der Waals surface area contributed by atoms with Crippen molar-refractivity contribution in [2.75, 3.05) is 26.4 Å². The number of rotatable bonds is 4. The molecule has 0 N–H and O–H groups in total. The standard InChI is InChI=1S/C17H32O4/c1-7-15(3,4)13-9-21-17(10-18-13)11-19-14(20-12-17)16(5,6)8-2/h13-14H,7-12H2,1-6H3. The highest BCUT2D eigenvalue weighted by Gasteiger charge is 2.47. The Morgan fingerprint density at radius 2 is 1.38 bits per heavy atom. The van der Waals surface area contributed by atoms with Crippen LogP contribution in [0.2, 0.25) is 0 Å². The Morgan fingerprint density at radius 1 is 0.857 bits per heavy atom. The molecule has 1 spiro atoms. The van der Waals surface area contributed by atoms with E-state index in [1.165, 1.54) is 0 Å². The summed E-state index contributed by atoms with van der Waals surface area (Å²) in [7, 11) is 0. The van der Waals surface area contributed by atoms with Crippen LogP contribution >= 0.6 is 0 Å². The molecule has 4 heteroatoms. The van der Waals surface area contributed by atoms with Gasteiger partial charge in [0, 0.05) is 5.41 Å². The summed E-state index contributed by atoms with van der Waals surface area (Å²) < 4.78 is 24.1. The van der Waals surface area contributed by atoms with Gasteiger partial charge in [-0.3, -0.25) is 0 Å². The van der Waals surface area contributed by atoms with Gasteiger partial charge in [-0.2, -0.15) is 0 Å². The van der Waals surface area contributed by atoms with E-state index in [0.29, 0.717) is 26.4 Å². The van der Waals surface area contributed by atoms with Gasteiger partial charge in [-0.05, 0) is 18.3 Å². The van der Waals surface area contributed by atoms with Crippen molar-refractivity contribution >= 4 is 0 Å². The van der Waals surface area contributed by atoms with E-state index in [0.717, 1.165) is 12.8 Å². The monoisotopic (exact) mass is 300 g/mol. The van der Waals surface area contributed by atoms with E-state index in [1.54, 1.807) is 0 Å². The zero-order valence-corrected chi connectivity index (χ0v) is 14.5. The van der Waals surface area contributed by atoms with Gasteiger partial charge in [-0.25, -0.2) is 0 Å². The van der Waals surface area contributed by atoms with Crippen LogP contribution in [0, 0.1) is 10.8 Å². The van der Waals surface area contributed by atoms with Crippen molar-refractivity contribution in [1.29, 1.82) is 0 Å². The van der Waals surface area contributed by atoms with Crippen LogP contribution in [0.5, 0.6) is 0 Å². The highest BCUT2D eigenvalue weighted by Crippen LogP contribution is 2.37. The average Bonchev–Trinajstić information content (AvgIpc) is 2.48. The van der Waals surface area contributed by atoms with Crippen molar-refractivity contribution < 1.29 is 18.9 Å². The number of hydrogen-bond acceptors (Lipinski definition) is 4. The van der Waals surface area contributed by atoms with Gasteiger partial charge in [0.25, 0.3) is 0 Å². The second-order valence-electron chi connectivity index (χ2n) is 7.93. The van der Waals surface area contributed by atoms with Crippen molar-refractivity contribution in [3.8, 4) is 0 Å². The van der Waals surface area contributed by atoms with Gasteiger partial charge in [0.1, 0.15) is 5.60 Å². The second kappa shape index (κ2) is 6.15. The van der Waals surface area contributed by atoms with Crippen molar-refractivity contribution in [2.45, 2.75) is 72.4 Å². The normalized spacial score (nSPS) is 35.1. The lowest BCUT2D eigenvalue weighted by atomic mass is 9.83. The fourth-order valence-corrected chi connectivity index (χ4v) is 2.60. The SMILES string of the molecule is CCC(C)(C)C1COC2(CO1)COC(C(C)(C)CC)OC2. The highest BCUT2D eigenvalue weighted by atomic mass is 16.7. The van der Waals surface area contributed by atoms with E-state index in [4.69, 9.17) is 18.9 Å². The van der Waals surface area contributed by atoms with Gasteiger partial charge in [0.05, 0.1) is 32.5 Å². The lowest BCUT2D eigenvalue weighted by molar-refractivity contribution is -0.329. The van der Waals surface area contributed by atoms with Gasteiger partial charge < -0.3 is 18.9 Å². The maximum atomic E-state index is 6.13. The molecule has 0 aromatic rings. The van der Waals surface area contributed by atoms with E-state index in [1.807, 2.05) is 0 Å². The van der Waals surface area contributed by atoms with Gasteiger partial charge in [0.15, 0.2) is 6.29 Å². The summed E-state index contributed by atoms with van der Waals surface area (Å²) >= 11 is 0. The zero-order valence-electron chi connectivity index (χ0n) is 14.5. The minimum Gasteiger partial charge on any atom is -0.372 e. The largest absolute Gasteiger partial charge is 0.372 e. The molecule has 0 bridgehead atoms. The minimum absolute atomic E-state index is 0.0316. The van der Waals surface area contributed by atoms with Crippen molar-refractivity contribution in [3.63, 3.8) is 0 Å². The Labute approximate surface area is 129 Å². The third-order valence-electron chi connectivity index (χ3n) is 5.42. The van der Waals surface area contributed by atoms with Crippen molar-refractivity contribution in [3.05, 3.63) is 0 Å². The Hall–Kier alpha value is -0.160. The molecule has 2 fully saturated rings. The molecule has 0 aliphatic carbocycles. The summed E-state index contributed by atoms with van der Waals surface area (Å²) in [6, 6.07) is 0. The summed E-state index contributed by atoms with van der Waals surface area (Å²) in [5.74, 6) is 0. The Morgan fingerprint density at radius 3 is 1.81 bits per heavy atom. The molecule has 4 nitrogen and oxygen atoms in total. The van der Waals surface area contributed by atoms with E-state index in [-0.39, 0.29) is 23.2 Å². The van der Waals surface area contributed by atoms with Crippen molar-refractivity contribution in [1.82, 2.24) is 0 Å². The first-order valence-corrected chi connectivity index (χ1v) is 8.23. The summed E-state index contributed by atoms with van der Waals surface area (Å²) in [5, 5.41) is 0. The summed E-state index contributed by atoms with van der Waals surface area (Å²) in [6.45, 7) is 15.4. The molecule has 0 aromatic carbocycles.